The first kappa shape index (κ1) is 59.2. The maximum Gasteiger partial charge on any atom is 0.252 e. The van der Waals surface area contributed by atoms with Crippen molar-refractivity contribution in [3.63, 3.8) is 0 Å². The van der Waals surface area contributed by atoms with Crippen molar-refractivity contribution in [3.8, 4) is 55.9 Å². The number of fused-ring (bicyclic) bond motifs is 10. The molecule has 0 radical (unpaired) electrons. The van der Waals surface area contributed by atoms with Crippen molar-refractivity contribution in [2.45, 2.75) is 136 Å². The molecule has 108 heavy (non-hydrogen) atoms. The Morgan fingerprint density at radius 3 is 1.02 bits per heavy atom. The highest BCUT2D eigenvalue weighted by molar-refractivity contribution is 7.00. The molecular formula is C103H101BN4. The molecule has 4 nitrogen and oxygen atoms in total. The summed E-state index contributed by atoms with van der Waals surface area (Å²) in [5, 5.41) is 2.30. The summed E-state index contributed by atoms with van der Waals surface area (Å²) in [4.78, 5) is 4.79. The number of hydrogen-bond donors (Lipinski definition) is 0. The van der Waals surface area contributed by atoms with Gasteiger partial charge in [0.25, 0.3) is 6.71 Å². The Kier molecular flexibility index (Phi) is 14.5. The maximum absolute atomic E-state index is 10.9. The van der Waals surface area contributed by atoms with Crippen LogP contribution in [0.3, 0.4) is 0 Å². The molecule has 2 aromatic heterocycles. The fourth-order valence-corrected chi connectivity index (χ4v) is 17.3. The van der Waals surface area contributed by atoms with Crippen LogP contribution in [0.15, 0.2) is 279 Å². The molecule has 0 N–H and O–H groups in total. The van der Waals surface area contributed by atoms with Gasteiger partial charge in [-0.3, -0.25) is 0 Å². The zero-order chi connectivity index (χ0) is 83.7. The lowest BCUT2D eigenvalue weighted by molar-refractivity contribution is 0.411. The highest BCUT2D eigenvalue weighted by Crippen LogP contribution is 2.53. The average molecular weight is 1420 g/mol. The maximum atomic E-state index is 10.9. The molecule has 0 saturated carbocycles. The van der Waals surface area contributed by atoms with Crippen molar-refractivity contribution in [1.82, 2.24) is 9.13 Å². The van der Waals surface area contributed by atoms with Gasteiger partial charge in [0.1, 0.15) is 0 Å². The van der Waals surface area contributed by atoms with Gasteiger partial charge in [0.15, 0.2) is 0 Å². The van der Waals surface area contributed by atoms with Crippen LogP contribution < -0.4 is 26.2 Å². The van der Waals surface area contributed by atoms with Gasteiger partial charge in [-0.25, -0.2) is 0 Å². The minimum absolute atomic E-state index is 0.0969. The van der Waals surface area contributed by atoms with Crippen LogP contribution in [-0.2, 0) is 32.1 Å². The average Bonchev–Trinajstić information content (AvgIpc) is 0.710. The summed E-state index contributed by atoms with van der Waals surface area (Å²) in [6, 6.07) is 80.1. The van der Waals surface area contributed by atoms with Gasteiger partial charge in [-0.15, -0.1) is 0 Å². The molecule has 2 aliphatic heterocycles. The number of para-hydroxylation sites is 2. The number of benzene rings is 13. The van der Waals surface area contributed by atoms with E-state index in [2.05, 4.69) is 323 Å². The van der Waals surface area contributed by atoms with Crippen LogP contribution in [0.5, 0.6) is 0 Å². The van der Waals surface area contributed by atoms with Gasteiger partial charge >= 0.3 is 0 Å². The molecule has 13 aromatic carbocycles. The first-order valence-corrected chi connectivity index (χ1v) is 38.4. The molecule has 17 rings (SSSR count). The van der Waals surface area contributed by atoms with E-state index in [4.69, 9.17) is 0 Å². The lowest BCUT2D eigenvalue weighted by Crippen LogP contribution is -2.61. The van der Waals surface area contributed by atoms with Crippen LogP contribution in [0.4, 0.5) is 34.1 Å². The second kappa shape index (κ2) is 26.5. The number of rotatable bonds is 13. The quantitative estimate of drug-likeness (QED) is 0.107. The van der Waals surface area contributed by atoms with Crippen molar-refractivity contribution in [2.75, 3.05) is 9.80 Å². The van der Waals surface area contributed by atoms with E-state index in [1.165, 1.54) is 0 Å². The van der Waals surface area contributed by atoms with Crippen LogP contribution >= 0.6 is 0 Å². The Balaban J connectivity index is 1.08. The fraction of sp³-hybridized carbons (Fsp3) is 0.243. The van der Waals surface area contributed by atoms with E-state index in [1.807, 2.05) is 29.9 Å². The van der Waals surface area contributed by atoms with Gasteiger partial charge in [0.05, 0.1) is 44.4 Å². The minimum Gasteiger partial charge on any atom is -0.311 e. The van der Waals surface area contributed by atoms with E-state index in [-0.39, 0.29) is 70.0 Å². The molecule has 4 heterocycles. The summed E-state index contributed by atoms with van der Waals surface area (Å²) in [6.45, 7) is 32.2. The number of nitrogens with zero attached hydrogens (tertiary/aromatic N) is 4. The predicted octanol–water partition coefficient (Wildman–Crippen LogP) is 26.6. The van der Waals surface area contributed by atoms with Crippen LogP contribution in [-0.4, -0.2) is 15.8 Å². The zero-order valence-corrected chi connectivity index (χ0v) is 65.1. The molecule has 5 heteroatoms. The molecule has 0 saturated heterocycles. The lowest BCUT2D eigenvalue weighted by Gasteiger charge is -2.46. The van der Waals surface area contributed by atoms with E-state index in [0.717, 1.165) is 154 Å². The SMILES string of the molecule is [2H]c1c([2H])c([2H])c2c(c1[2H])c1cc(CC(C)(C)C)ccc1n2-c1ccc2c(c1)N(c1cc(-c3ccccc3)c(CC(C)(C)C)cc1-c1ccccc1)c1cc(C([2H])([2H])C(C)(C)C)cc3c1B2c1ccc(-n2c4ccc(CC(C)(C)C)cc4c4c([2H])c([2H])c([2H])c([2H])c42)cc1N3c1cc(-c2ccccc2)c(CC(C)(C)C)cc1-c1ccccc1. The van der Waals surface area contributed by atoms with Gasteiger partial charge in [-0.2, -0.15) is 0 Å². The smallest absolute Gasteiger partial charge is 0.252 e. The van der Waals surface area contributed by atoms with Crippen molar-refractivity contribution >= 4 is 101 Å². The third-order valence-electron chi connectivity index (χ3n) is 21.2. The van der Waals surface area contributed by atoms with Gasteiger partial charge in [0.2, 0.25) is 0 Å². The number of aromatic nitrogens is 2. The van der Waals surface area contributed by atoms with Crippen LogP contribution in [0.25, 0.3) is 99.5 Å². The number of hydrogen-bond acceptors (Lipinski definition) is 2. The predicted molar refractivity (Wildman–Crippen MR) is 467 cm³/mol. The fourth-order valence-electron chi connectivity index (χ4n) is 17.3. The normalized spacial score (nSPS) is 14.7. The van der Waals surface area contributed by atoms with Crippen LogP contribution in [0.1, 0.15) is 145 Å². The van der Waals surface area contributed by atoms with E-state index < -0.39 is 18.5 Å². The molecule has 0 amide bonds. The molecule has 0 atom stereocenters. The van der Waals surface area contributed by atoms with E-state index in [0.29, 0.717) is 49.5 Å². The largest absolute Gasteiger partial charge is 0.311 e. The standard InChI is InChI=1S/C103H101BN4/c1-99(2,3)62-67-44-50-90-84(52-67)78-40-28-30-42-88(78)105(90)76-46-48-86-94(58-76)107(92-60-80(70-32-20-16-21-33-70)74(65-102(10,11)12)56-82(92)72-36-24-18-25-37-72)96-54-69(64-101(7,8)9)55-97-98(96)104(86)87-49-47-77(106-89-43-31-29-41-79(89)85-53-68(45-51-91(85)106)63-100(4,5)6)59-95(87)108(97)93-61-81(71-34-22-17-23-35-71)75(66-103(13,14)15)57-83(93)73-38-26-19-27-39-73/h16-61H,62-66H2,1-15H3/i28D,29D,30D,31D,40D,41D,42D,43D,64D2. The third-order valence-corrected chi connectivity index (χ3v) is 21.2. The summed E-state index contributed by atoms with van der Waals surface area (Å²) >= 11 is 0. The van der Waals surface area contributed by atoms with Gasteiger partial charge in [-0.05, 0) is 234 Å². The molecule has 0 fully saturated rings. The Bertz CT molecular complexity index is 6210. The molecule has 0 bridgehead atoms. The summed E-state index contributed by atoms with van der Waals surface area (Å²) in [7, 11) is 0. The summed E-state index contributed by atoms with van der Waals surface area (Å²) in [6.07, 6.45) is 0.899. The first-order chi connectivity index (χ1) is 55.7. The van der Waals surface area contributed by atoms with Crippen molar-refractivity contribution in [2.24, 2.45) is 27.1 Å². The second-order valence-electron chi connectivity index (χ2n) is 36.2. The van der Waals surface area contributed by atoms with E-state index in [1.54, 1.807) is 0 Å². The summed E-state index contributed by atoms with van der Waals surface area (Å²) in [5.74, 6) is 0. The summed E-state index contributed by atoms with van der Waals surface area (Å²) < 4.78 is 103. The molecule has 0 spiro atoms. The molecule has 0 aliphatic carbocycles. The molecule has 536 valence electrons. The Morgan fingerprint density at radius 1 is 0.296 bits per heavy atom. The first-order valence-electron chi connectivity index (χ1n) is 43.4. The monoisotopic (exact) mass is 1410 g/mol. The van der Waals surface area contributed by atoms with Crippen molar-refractivity contribution in [1.29, 1.82) is 0 Å². The summed E-state index contributed by atoms with van der Waals surface area (Å²) in [5.41, 5.74) is 22.3. The second-order valence-corrected chi connectivity index (χ2v) is 36.2. The highest BCUT2D eigenvalue weighted by Gasteiger charge is 2.46. The van der Waals surface area contributed by atoms with Gasteiger partial charge in [-0.1, -0.05) is 286 Å². The molecular weight excluding hydrogens is 1300 g/mol. The Hall–Kier alpha value is -10.9. The Morgan fingerprint density at radius 2 is 0.657 bits per heavy atom. The van der Waals surface area contributed by atoms with Crippen LogP contribution in [0.2, 0.25) is 0 Å². The van der Waals surface area contributed by atoms with Crippen LogP contribution in [0, 0.1) is 27.1 Å². The highest BCUT2D eigenvalue weighted by atomic mass is 15.2. The van der Waals surface area contributed by atoms with Gasteiger partial charge in [0, 0.05) is 69.5 Å². The van der Waals surface area contributed by atoms with Crippen molar-refractivity contribution in [3.05, 3.63) is 307 Å². The topological polar surface area (TPSA) is 16.3 Å². The lowest BCUT2D eigenvalue weighted by atomic mass is 9.33. The molecule has 0 unspecified atom stereocenters. The van der Waals surface area contributed by atoms with Crippen molar-refractivity contribution < 1.29 is 13.7 Å². The number of anilines is 6. The zero-order valence-electron chi connectivity index (χ0n) is 75.1. The minimum atomic E-state index is -2.03. The van der Waals surface area contributed by atoms with Gasteiger partial charge < -0.3 is 18.9 Å². The van der Waals surface area contributed by atoms with E-state index in [9.17, 15) is 13.7 Å². The molecule has 2 aliphatic rings. The Labute approximate surface area is 655 Å². The molecule has 15 aromatic rings. The van der Waals surface area contributed by atoms with E-state index >= 15 is 0 Å². The third kappa shape index (κ3) is 13.3.